The molecular weight excluding hydrogens is 286 g/mol. The number of methoxy groups -OCH3 is 1. The van der Waals surface area contributed by atoms with Crippen molar-refractivity contribution >= 4 is 0 Å². The number of hydrogen-bond acceptors (Lipinski definition) is 3. The van der Waals surface area contributed by atoms with E-state index in [4.69, 9.17) is 4.74 Å². The number of hydrogen-bond donors (Lipinski definition) is 1. The fourth-order valence-electron chi connectivity index (χ4n) is 4.49. The normalized spacial score (nSPS) is 23.4. The van der Waals surface area contributed by atoms with Crippen LogP contribution in [0.25, 0.3) is 0 Å². The third-order valence-electron chi connectivity index (χ3n) is 5.58. The van der Waals surface area contributed by atoms with E-state index in [-0.39, 0.29) is 11.2 Å². The lowest BCUT2D eigenvalue weighted by atomic mass is 9.73. The molecule has 0 bridgehead atoms. The first-order valence-corrected chi connectivity index (χ1v) is 8.31. The van der Waals surface area contributed by atoms with E-state index in [1.165, 1.54) is 22.3 Å². The molecule has 1 atom stereocenters. The first-order chi connectivity index (χ1) is 11.1. The number of aromatic hydroxyl groups is 1. The Kier molecular flexibility index (Phi) is 3.34. The first-order valence-electron chi connectivity index (χ1n) is 8.31. The van der Waals surface area contributed by atoms with Crippen LogP contribution in [0.2, 0.25) is 0 Å². The van der Waals surface area contributed by atoms with E-state index in [0.29, 0.717) is 5.75 Å². The highest BCUT2D eigenvalue weighted by Gasteiger charge is 2.43. The van der Waals surface area contributed by atoms with E-state index in [0.717, 1.165) is 32.4 Å². The summed E-state index contributed by atoms with van der Waals surface area (Å²) < 4.78 is 5.34. The van der Waals surface area contributed by atoms with Crippen LogP contribution in [0.3, 0.4) is 0 Å². The maximum Gasteiger partial charge on any atom is 0.160 e. The molecule has 1 spiro atoms. The molecule has 1 heterocycles. The van der Waals surface area contributed by atoms with Crippen molar-refractivity contribution in [1.82, 2.24) is 4.90 Å². The van der Waals surface area contributed by atoms with Gasteiger partial charge in [-0.25, -0.2) is 0 Å². The molecule has 2 aliphatic rings. The maximum absolute atomic E-state index is 10.4. The Labute approximate surface area is 137 Å². The van der Waals surface area contributed by atoms with Crippen LogP contribution in [0, 0.1) is 0 Å². The van der Waals surface area contributed by atoms with Gasteiger partial charge >= 0.3 is 0 Å². The van der Waals surface area contributed by atoms with Gasteiger partial charge in [0.05, 0.1) is 7.11 Å². The van der Waals surface area contributed by atoms with Crippen LogP contribution in [0.1, 0.15) is 28.7 Å². The summed E-state index contributed by atoms with van der Waals surface area (Å²) in [5.41, 5.74) is 5.45. The summed E-state index contributed by atoms with van der Waals surface area (Å²) in [6.45, 7) is 2.04. The second-order valence-corrected chi connectivity index (χ2v) is 6.91. The first kappa shape index (κ1) is 14.6. The van der Waals surface area contributed by atoms with Crippen LogP contribution < -0.4 is 4.74 Å². The lowest BCUT2D eigenvalue weighted by Gasteiger charge is -2.34. The van der Waals surface area contributed by atoms with Crippen LogP contribution in [0.15, 0.2) is 36.4 Å². The van der Waals surface area contributed by atoms with Gasteiger partial charge in [0.1, 0.15) is 0 Å². The number of fused-ring (bicyclic) bond motifs is 4. The van der Waals surface area contributed by atoms with E-state index < -0.39 is 0 Å². The Morgan fingerprint density at radius 1 is 1.09 bits per heavy atom. The lowest BCUT2D eigenvalue weighted by Crippen LogP contribution is -2.37. The highest BCUT2D eigenvalue weighted by Crippen LogP contribution is 2.49. The zero-order valence-corrected chi connectivity index (χ0v) is 13.8. The van der Waals surface area contributed by atoms with Crippen molar-refractivity contribution in [3.05, 3.63) is 58.7 Å². The third kappa shape index (κ3) is 2.14. The van der Waals surface area contributed by atoms with Crippen LogP contribution in [0.5, 0.6) is 11.5 Å². The number of phenols is 1. The molecular formula is C20H23NO2. The number of phenolic OH excluding ortho intramolecular Hbond substituents is 1. The summed E-state index contributed by atoms with van der Waals surface area (Å²) in [7, 11) is 3.82. The third-order valence-corrected chi connectivity index (χ3v) is 5.58. The lowest BCUT2D eigenvalue weighted by molar-refractivity contribution is 0.283. The Bertz CT molecular complexity index is 755. The molecule has 1 N–H and O–H groups in total. The second kappa shape index (κ2) is 5.27. The summed E-state index contributed by atoms with van der Waals surface area (Å²) in [6.07, 6.45) is 3.21. The maximum atomic E-state index is 10.4. The minimum absolute atomic E-state index is 0.0130. The second-order valence-electron chi connectivity index (χ2n) is 6.91. The number of aryl methyl sites for hydroxylation is 1. The predicted molar refractivity (Wildman–Crippen MR) is 91.4 cm³/mol. The van der Waals surface area contributed by atoms with Gasteiger partial charge in [0, 0.05) is 18.5 Å². The van der Waals surface area contributed by atoms with E-state index in [1.54, 1.807) is 7.11 Å². The molecule has 120 valence electrons. The summed E-state index contributed by atoms with van der Waals surface area (Å²) in [4.78, 5) is 2.42. The van der Waals surface area contributed by atoms with Crippen molar-refractivity contribution in [1.29, 1.82) is 0 Å². The van der Waals surface area contributed by atoms with Crippen molar-refractivity contribution < 1.29 is 9.84 Å². The molecule has 2 aromatic rings. The topological polar surface area (TPSA) is 32.7 Å². The molecule has 1 aliphatic carbocycles. The van der Waals surface area contributed by atoms with Gasteiger partial charge in [0.15, 0.2) is 11.5 Å². The average molecular weight is 309 g/mol. The van der Waals surface area contributed by atoms with Crippen molar-refractivity contribution in [2.75, 3.05) is 27.2 Å². The smallest absolute Gasteiger partial charge is 0.160 e. The van der Waals surface area contributed by atoms with Crippen LogP contribution in [-0.4, -0.2) is 37.3 Å². The molecule has 0 saturated carbocycles. The van der Waals surface area contributed by atoms with Crippen molar-refractivity contribution in [3.63, 3.8) is 0 Å². The van der Waals surface area contributed by atoms with Gasteiger partial charge in [0.2, 0.25) is 0 Å². The molecule has 0 saturated heterocycles. The molecule has 1 unspecified atom stereocenters. The molecule has 0 aromatic heterocycles. The Morgan fingerprint density at radius 3 is 2.74 bits per heavy atom. The zero-order chi connectivity index (χ0) is 16.0. The number of nitrogens with zero attached hydrogens (tertiary/aromatic N) is 1. The van der Waals surface area contributed by atoms with Gasteiger partial charge in [-0.05, 0) is 60.7 Å². The van der Waals surface area contributed by atoms with Gasteiger partial charge in [0.25, 0.3) is 0 Å². The largest absolute Gasteiger partial charge is 0.504 e. The van der Waals surface area contributed by atoms with E-state index >= 15 is 0 Å². The molecule has 23 heavy (non-hydrogen) atoms. The van der Waals surface area contributed by atoms with Crippen LogP contribution in [-0.2, 0) is 18.3 Å². The Balaban J connectivity index is 1.96. The van der Waals surface area contributed by atoms with Crippen LogP contribution >= 0.6 is 0 Å². The Morgan fingerprint density at radius 2 is 1.91 bits per heavy atom. The van der Waals surface area contributed by atoms with Crippen molar-refractivity contribution in [2.24, 2.45) is 0 Å². The minimum atomic E-state index is -0.0130. The van der Waals surface area contributed by atoms with Gasteiger partial charge in [-0.1, -0.05) is 24.3 Å². The molecule has 1 aliphatic heterocycles. The Hall–Kier alpha value is -2.00. The quantitative estimate of drug-likeness (QED) is 0.878. The number of ether oxygens (including phenoxy) is 1. The van der Waals surface area contributed by atoms with Gasteiger partial charge in [-0.2, -0.15) is 0 Å². The van der Waals surface area contributed by atoms with Crippen LogP contribution in [0.4, 0.5) is 0 Å². The monoisotopic (exact) mass is 309 g/mol. The summed E-state index contributed by atoms with van der Waals surface area (Å²) in [5, 5.41) is 10.4. The van der Waals surface area contributed by atoms with E-state index in [2.05, 4.69) is 36.2 Å². The molecule has 4 rings (SSSR count). The number of benzene rings is 2. The van der Waals surface area contributed by atoms with E-state index in [1.807, 2.05) is 12.1 Å². The molecule has 0 radical (unpaired) electrons. The molecule has 3 nitrogen and oxygen atoms in total. The highest BCUT2D eigenvalue weighted by molar-refractivity contribution is 5.56. The van der Waals surface area contributed by atoms with Gasteiger partial charge < -0.3 is 14.7 Å². The highest BCUT2D eigenvalue weighted by atomic mass is 16.5. The number of rotatable bonds is 1. The standard InChI is InChI=1S/C20H23NO2/c1-21-10-8-15-11-19(23-2)18(22)12-17(15)20(13-21)9-7-14-5-3-4-6-16(14)20/h3-6,11-12,22H,7-10,13H2,1-2H3. The molecule has 2 aromatic carbocycles. The fourth-order valence-corrected chi connectivity index (χ4v) is 4.49. The van der Waals surface area contributed by atoms with E-state index in [9.17, 15) is 5.11 Å². The van der Waals surface area contributed by atoms with Gasteiger partial charge in [-0.15, -0.1) is 0 Å². The van der Waals surface area contributed by atoms with Crippen molar-refractivity contribution in [3.8, 4) is 11.5 Å². The zero-order valence-electron chi connectivity index (χ0n) is 13.8. The fraction of sp³-hybridized carbons (Fsp3) is 0.400. The van der Waals surface area contributed by atoms with Gasteiger partial charge in [-0.3, -0.25) is 0 Å². The predicted octanol–water partition coefficient (Wildman–Crippen LogP) is 3.12. The molecule has 3 heteroatoms. The average Bonchev–Trinajstić information content (AvgIpc) is 2.86. The SMILES string of the molecule is COc1cc2c(cc1O)C1(CCc3ccccc31)CN(C)CC2. The molecule has 0 amide bonds. The summed E-state index contributed by atoms with van der Waals surface area (Å²) in [6, 6.07) is 12.8. The summed E-state index contributed by atoms with van der Waals surface area (Å²) in [5.74, 6) is 0.828. The number of likely N-dealkylation sites (N-methyl/N-ethyl adjacent to an activating group) is 1. The minimum Gasteiger partial charge on any atom is -0.504 e. The molecule has 0 fully saturated rings. The summed E-state index contributed by atoms with van der Waals surface area (Å²) >= 11 is 0. The van der Waals surface area contributed by atoms with Crippen molar-refractivity contribution in [2.45, 2.75) is 24.7 Å².